The molecule has 0 aliphatic carbocycles. The zero-order valence-electron chi connectivity index (χ0n) is 6.74. The number of hydrogen-bond donors (Lipinski definition) is 2. The van der Waals surface area contributed by atoms with E-state index in [9.17, 15) is 0 Å². The first kappa shape index (κ1) is 9.88. The second-order valence-corrected chi connectivity index (χ2v) is 2.65. The van der Waals surface area contributed by atoms with Crippen molar-refractivity contribution in [2.45, 2.75) is 39.1 Å². The minimum absolute atomic E-state index is 0.0479. The summed E-state index contributed by atoms with van der Waals surface area (Å²) in [4.78, 5) is 0. The average molecular weight is 148 g/mol. The summed E-state index contributed by atoms with van der Waals surface area (Å²) in [7, 11) is 0. The predicted molar refractivity (Wildman–Crippen MR) is 38.8 cm³/mol. The molecule has 2 atom stereocenters. The van der Waals surface area contributed by atoms with E-state index in [1.165, 1.54) is 0 Å². The van der Waals surface area contributed by atoms with Crippen molar-refractivity contribution in [3.05, 3.63) is 0 Å². The molecule has 0 aromatic heterocycles. The highest BCUT2D eigenvalue weighted by Gasteiger charge is 2.14. The van der Waals surface area contributed by atoms with E-state index in [0.717, 1.165) is 0 Å². The van der Waals surface area contributed by atoms with E-state index in [-0.39, 0.29) is 12.7 Å². The van der Waals surface area contributed by atoms with Crippen LogP contribution < -0.4 is 0 Å². The minimum atomic E-state index is -0.604. The lowest BCUT2D eigenvalue weighted by Crippen LogP contribution is -2.32. The molecule has 0 bridgehead atoms. The Kier molecular flexibility index (Phi) is 4.60. The van der Waals surface area contributed by atoms with Gasteiger partial charge in [0.05, 0.1) is 18.8 Å². The molecule has 0 aliphatic heterocycles. The van der Waals surface area contributed by atoms with Crippen LogP contribution in [0.1, 0.15) is 20.8 Å². The quantitative estimate of drug-likeness (QED) is 0.596. The molecule has 0 radical (unpaired) electrons. The van der Waals surface area contributed by atoms with Gasteiger partial charge < -0.3 is 14.9 Å². The van der Waals surface area contributed by atoms with E-state index < -0.39 is 12.2 Å². The lowest BCUT2D eigenvalue weighted by Gasteiger charge is -2.20. The molecular formula is C7H16O3. The lowest BCUT2D eigenvalue weighted by molar-refractivity contribution is -0.0810. The van der Waals surface area contributed by atoms with Crippen LogP contribution in [0.5, 0.6) is 0 Å². The first-order valence-electron chi connectivity index (χ1n) is 3.52. The van der Waals surface area contributed by atoms with Crippen molar-refractivity contribution in [1.29, 1.82) is 0 Å². The zero-order chi connectivity index (χ0) is 8.15. The highest BCUT2D eigenvalue weighted by Crippen LogP contribution is 2.01. The molecule has 0 rings (SSSR count). The third kappa shape index (κ3) is 3.82. The van der Waals surface area contributed by atoms with E-state index in [1.807, 2.05) is 13.8 Å². The molecular weight excluding hydrogens is 132 g/mol. The molecule has 0 unspecified atom stereocenters. The van der Waals surface area contributed by atoms with E-state index in [1.54, 1.807) is 6.92 Å². The maximum Gasteiger partial charge on any atom is 0.106 e. The molecule has 3 heteroatoms. The Morgan fingerprint density at radius 1 is 1.30 bits per heavy atom. The van der Waals surface area contributed by atoms with Crippen molar-refractivity contribution in [2.24, 2.45) is 0 Å². The third-order valence-electron chi connectivity index (χ3n) is 1.16. The summed E-state index contributed by atoms with van der Waals surface area (Å²) in [6.45, 7) is 5.20. The molecule has 0 fully saturated rings. The Bertz CT molecular complexity index is 80.9. The fourth-order valence-electron chi connectivity index (χ4n) is 0.659. The number of ether oxygens (including phenoxy) is 1. The van der Waals surface area contributed by atoms with Gasteiger partial charge in [0.25, 0.3) is 0 Å². The van der Waals surface area contributed by atoms with Gasteiger partial charge in [-0.25, -0.2) is 0 Å². The zero-order valence-corrected chi connectivity index (χ0v) is 6.74. The van der Waals surface area contributed by atoms with Gasteiger partial charge in [-0.05, 0) is 20.8 Å². The van der Waals surface area contributed by atoms with Gasteiger partial charge in [-0.3, -0.25) is 0 Å². The Balaban J connectivity index is 3.60. The maximum atomic E-state index is 8.98. The highest BCUT2D eigenvalue weighted by atomic mass is 16.5. The molecule has 0 heterocycles. The molecule has 3 nitrogen and oxygen atoms in total. The minimum Gasteiger partial charge on any atom is -0.394 e. The van der Waals surface area contributed by atoms with Crippen molar-refractivity contribution in [1.82, 2.24) is 0 Å². The Morgan fingerprint density at radius 2 is 1.80 bits per heavy atom. The van der Waals surface area contributed by atoms with Gasteiger partial charge in [0, 0.05) is 0 Å². The first-order valence-corrected chi connectivity index (χ1v) is 3.52. The average Bonchev–Trinajstić information content (AvgIpc) is 1.81. The molecule has 0 aromatic carbocycles. The van der Waals surface area contributed by atoms with Crippen molar-refractivity contribution >= 4 is 0 Å². The third-order valence-corrected chi connectivity index (χ3v) is 1.16. The summed E-state index contributed by atoms with van der Waals surface area (Å²) in [5.41, 5.74) is 0. The second-order valence-electron chi connectivity index (χ2n) is 2.65. The van der Waals surface area contributed by atoms with Gasteiger partial charge in [0.1, 0.15) is 6.10 Å². The van der Waals surface area contributed by atoms with Crippen molar-refractivity contribution in [2.75, 3.05) is 6.61 Å². The summed E-state index contributed by atoms with van der Waals surface area (Å²) in [6.07, 6.45) is -1.00. The fraction of sp³-hybridized carbons (Fsp3) is 1.00. The van der Waals surface area contributed by atoms with Crippen LogP contribution in [0.4, 0.5) is 0 Å². The number of aliphatic hydroxyl groups excluding tert-OH is 2. The normalized spacial score (nSPS) is 17.4. The predicted octanol–water partition coefficient (Wildman–Crippen LogP) is 0.153. The van der Waals surface area contributed by atoms with Crippen LogP contribution in [0.2, 0.25) is 0 Å². The van der Waals surface area contributed by atoms with Gasteiger partial charge in [0.15, 0.2) is 0 Å². The SMILES string of the molecule is CC(C)O[C@H](CO)[C@H](C)O. The summed E-state index contributed by atoms with van der Waals surface area (Å²) in [6, 6.07) is 0. The molecule has 0 saturated heterocycles. The molecule has 10 heavy (non-hydrogen) atoms. The van der Waals surface area contributed by atoms with Crippen LogP contribution in [0.15, 0.2) is 0 Å². The molecule has 0 saturated carbocycles. The van der Waals surface area contributed by atoms with E-state index in [0.29, 0.717) is 0 Å². The Hall–Kier alpha value is -0.120. The summed E-state index contributed by atoms with van der Waals surface area (Å²) < 4.78 is 5.16. The van der Waals surface area contributed by atoms with Crippen LogP contribution in [-0.2, 0) is 4.74 Å². The molecule has 0 spiro atoms. The smallest absolute Gasteiger partial charge is 0.106 e. The van der Waals surface area contributed by atoms with Crippen molar-refractivity contribution < 1.29 is 14.9 Å². The van der Waals surface area contributed by atoms with Gasteiger partial charge in [-0.1, -0.05) is 0 Å². The number of rotatable bonds is 4. The van der Waals surface area contributed by atoms with Gasteiger partial charge in [-0.15, -0.1) is 0 Å². The van der Waals surface area contributed by atoms with E-state index >= 15 is 0 Å². The van der Waals surface area contributed by atoms with E-state index in [2.05, 4.69) is 0 Å². The summed E-state index contributed by atoms with van der Waals surface area (Å²) in [5, 5.41) is 17.6. The Morgan fingerprint density at radius 3 is 1.90 bits per heavy atom. The van der Waals surface area contributed by atoms with Gasteiger partial charge in [-0.2, -0.15) is 0 Å². The topological polar surface area (TPSA) is 49.7 Å². The van der Waals surface area contributed by atoms with Crippen LogP contribution in [0.3, 0.4) is 0 Å². The van der Waals surface area contributed by atoms with Crippen molar-refractivity contribution in [3.8, 4) is 0 Å². The lowest BCUT2D eigenvalue weighted by atomic mass is 10.2. The van der Waals surface area contributed by atoms with Gasteiger partial charge in [0.2, 0.25) is 0 Å². The first-order chi connectivity index (χ1) is 4.57. The number of hydrogen-bond acceptors (Lipinski definition) is 3. The van der Waals surface area contributed by atoms with Crippen LogP contribution in [0.25, 0.3) is 0 Å². The Labute approximate surface area is 61.6 Å². The molecule has 0 aliphatic rings. The van der Waals surface area contributed by atoms with E-state index in [4.69, 9.17) is 14.9 Å². The standard InChI is InChI=1S/C7H16O3/c1-5(2)10-7(4-8)6(3)9/h5-9H,4H2,1-3H3/t6-,7+/m0/s1. The van der Waals surface area contributed by atoms with Crippen LogP contribution in [0, 0.1) is 0 Å². The van der Waals surface area contributed by atoms with Gasteiger partial charge >= 0.3 is 0 Å². The van der Waals surface area contributed by atoms with Crippen LogP contribution >= 0.6 is 0 Å². The highest BCUT2D eigenvalue weighted by molar-refractivity contribution is 4.63. The molecule has 2 N–H and O–H groups in total. The molecule has 0 amide bonds. The molecule has 0 aromatic rings. The number of aliphatic hydroxyl groups is 2. The molecule has 62 valence electrons. The summed E-state index contributed by atoms with van der Waals surface area (Å²) in [5.74, 6) is 0. The fourth-order valence-corrected chi connectivity index (χ4v) is 0.659. The largest absolute Gasteiger partial charge is 0.394 e. The monoisotopic (exact) mass is 148 g/mol. The maximum absolute atomic E-state index is 8.98. The second kappa shape index (κ2) is 4.66. The van der Waals surface area contributed by atoms with Crippen molar-refractivity contribution in [3.63, 3.8) is 0 Å². The summed E-state index contributed by atoms with van der Waals surface area (Å²) >= 11 is 0. The van der Waals surface area contributed by atoms with Crippen LogP contribution in [-0.4, -0.2) is 35.1 Å².